The Morgan fingerprint density at radius 1 is 1.28 bits per heavy atom. The molecule has 18 heavy (non-hydrogen) atoms. The number of anilines is 1. The molecule has 94 valence electrons. The monoisotopic (exact) mass is 267 g/mol. The molecule has 5 heteroatoms. The molecule has 1 amide bonds. The fourth-order valence-corrected chi connectivity index (χ4v) is 2.09. The lowest BCUT2D eigenvalue weighted by molar-refractivity contribution is 0.0175. The largest absolute Gasteiger partial charge is 0.321 e. The second-order valence-electron chi connectivity index (χ2n) is 3.90. The van der Waals surface area contributed by atoms with Crippen molar-refractivity contribution in [2.75, 3.05) is 5.32 Å². The molecule has 0 saturated heterocycles. The van der Waals surface area contributed by atoms with E-state index >= 15 is 0 Å². The Labute approximate surface area is 107 Å². The van der Waals surface area contributed by atoms with E-state index in [0.717, 1.165) is 6.92 Å². The summed E-state index contributed by atoms with van der Waals surface area (Å²) in [6.45, 7) is 0.827. The molecule has 1 heterocycles. The Balaban J connectivity index is 2.18. The normalized spacial score (nSPS) is 11.3. The Morgan fingerprint density at radius 2 is 2.06 bits per heavy atom. The van der Waals surface area contributed by atoms with Gasteiger partial charge in [0, 0.05) is 18.2 Å². The zero-order valence-electron chi connectivity index (χ0n) is 9.61. The van der Waals surface area contributed by atoms with Gasteiger partial charge in [-0.15, -0.1) is 11.3 Å². The summed E-state index contributed by atoms with van der Waals surface area (Å²) in [7, 11) is 0. The van der Waals surface area contributed by atoms with Gasteiger partial charge >= 0.3 is 0 Å². The van der Waals surface area contributed by atoms with E-state index in [0.29, 0.717) is 10.6 Å². The van der Waals surface area contributed by atoms with Gasteiger partial charge < -0.3 is 5.32 Å². The smallest absolute Gasteiger partial charge is 0.270 e. The van der Waals surface area contributed by atoms with Crippen LogP contribution >= 0.6 is 11.3 Å². The third kappa shape index (κ3) is 2.92. The molecule has 2 rings (SSSR count). The van der Waals surface area contributed by atoms with Crippen LogP contribution in [0.5, 0.6) is 0 Å². The first kappa shape index (κ1) is 12.7. The predicted molar refractivity (Wildman–Crippen MR) is 68.3 cm³/mol. The van der Waals surface area contributed by atoms with Gasteiger partial charge in [0.1, 0.15) is 0 Å². The zero-order valence-corrected chi connectivity index (χ0v) is 10.4. The summed E-state index contributed by atoms with van der Waals surface area (Å²) in [6.07, 6.45) is 0. The number of alkyl halides is 2. The molecule has 1 N–H and O–H groups in total. The van der Waals surface area contributed by atoms with Crippen LogP contribution in [-0.2, 0) is 5.92 Å². The maximum Gasteiger partial charge on any atom is 0.270 e. The van der Waals surface area contributed by atoms with Crippen LogP contribution < -0.4 is 5.32 Å². The van der Waals surface area contributed by atoms with Gasteiger partial charge in [0.2, 0.25) is 0 Å². The highest BCUT2D eigenvalue weighted by Gasteiger charge is 2.24. The van der Waals surface area contributed by atoms with Crippen LogP contribution in [0.1, 0.15) is 22.2 Å². The van der Waals surface area contributed by atoms with Crippen molar-refractivity contribution in [1.82, 2.24) is 0 Å². The van der Waals surface area contributed by atoms with Crippen molar-refractivity contribution in [3.63, 3.8) is 0 Å². The lowest BCUT2D eigenvalue weighted by atomic mass is 10.1. The summed E-state index contributed by atoms with van der Waals surface area (Å²) in [5.41, 5.74) is 0.249. The number of benzene rings is 1. The summed E-state index contributed by atoms with van der Waals surface area (Å²) >= 11 is 1.30. The van der Waals surface area contributed by atoms with Gasteiger partial charge in [0.25, 0.3) is 11.8 Å². The summed E-state index contributed by atoms with van der Waals surface area (Å²) in [6, 6.07) is 9.14. The summed E-state index contributed by atoms with van der Waals surface area (Å²) in [5.74, 6) is -3.20. The van der Waals surface area contributed by atoms with Gasteiger partial charge in [-0.1, -0.05) is 18.2 Å². The van der Waals surface area contributed by atoms with Gasteiger partial charge in [-0.2, -0.15) is 0 Å². The second kappa shape index (κ2) is 4.86. The van der Waals surface area contributed by atoms with E-state index in [4.69, 9.17) is 0 Å². The topological polar surface area (TPSA) is 29.1 Å². The summed E-state index contributed by atoms with van der Waals surface area (Å²) in [4.78, 5) is 12.3. The number of amides is 1. The maximum atomic E-state index is 13.1. The number of thiophene rings is 1. The Morgan fingerprint density at radius 3 is 2.67 bits per heavy atom. The van der Waals surface area contributed by atoms with Crippen LogP contribution in [0.2, 0.25) is 0 Å². The first-order valence-electron chi connectivity index (χ1n) is 5.30. The lowest BCUT2D eigenvalue weighted by Crippen LogP contribution is -2.12. The fourth-order valence-electron chi connectivity index (χ4n) is 1.47. The molecule has 0 radical (unpaired) electrons. The number of carbonyl (C=O) groups excluding carboxylic acids is 1. The fraction of sp³-hybridized carbons (Fsp3) is 0.154. The number of rotatable bonds is 3. The van der Waals surface area contributed by atoms with Crippen LogP contribution in [0.3, 0.4) is 0 Å². The van der Waals surface area contributed by atoms with E-state index < -0.39 is 5.92 Å². The Bertz CT molecular complexity index is 546. The van der Waals surface area contributed by atoms with Crippen molar-refractivity contribution in [1.29, 1.82) is 0 Å². The first-order chi connectivity index (χ1) is 8.47. The molecule has 0 spiro atoms. The van der Waals surface area contributed by atoms with Gasteiger partial charge in [-0.05, 0) is 23.6 Å². The first-order valence-corrected chi connectivity index (χ1v) is 6.18. The van der Waals surface area contributed by atoms with Crippen LogP contribution in [0.15, 0.2) is 41.8 Å². The molecular weight excluding hydrogens is 256 g/mol. The average Bonchev–Trinajstić information content (AvgIpc) is 2.81. The molecule has 2 aromatic rings. The minimum Gasteiger partial charge on any atom is -0.321 e. The number of hydrogen-bond donors (Lipinski definition) is 1. The third-order valence-electron chi connectivity index (χ3n) is 2.37. The molecule has 0 unspecified atom stereocenters. The van der Waals surface area contributed by atoms with Crippen molar-refractivity contribution >= 4 is 22.9 Å². The highest BCUT2D eigenvalue weighted by Crippen LogP contribution is 2.28. The highest BCUT2D eigenvalue weighted by atomic mass is 32.1. The van der Waals surface area contributed by atoms with Crippen molar-refractivity contribution in [3.8, 4) is 0 Å². The second-order valence-corrected chi connectivity index (χ2v) is 4.85. The van der Waals surface area contributed by atoms with Crippen molar-refractivity contribution < 1.29 is 13.6 Å². The van der Waals surface area contributed by atoms with Crippen LogP contribution in [0.4, 0.5) is 14.5 Å². The number of carbonyl (C=O) groups is 1. The van der Waals surface area contributed by atoms with E-state index in [1.165, 1.54) is 29.5 Å². The molecule has 0 saturated carbocycles. The minimum absolute atomic E-state index is 0.119. The highest BCUT2D eigenvalue weighted by molar-refractivity contribution is 7.12. The number of nitrogens with one attached hydrogen (secondary N) is 1. The van der Waals surface area contributed by atoms with E-state index in [1.54, 1.807) is 23.6 Å². The molecule has 1 aromatic heterocycles. The molecule has 1 aromatic carbocycles. The predicted octanol–water partition coefficient (Wildman–Crippen LogP) is 4.11. The molecular formula is C13H11F2NOS. The summed E-state index contributed by atoms with van der Waals surface area (Å²) in [5, 5.41) is 4.38. The van der Waals surface area contributed by atoms with Gasteiger partial charge in [-0.25, -0.2) is 8.78 Å². The van der Waals surface area contributed by atoms with Gasteiger partial charge in [0.15, 0.2) is 0 Å². The number of halogens is 2. The zero-order chi connectivity index (χ0) is 13.2. The Hall–Kier alpha value is -1.75. The van der Waals surface area contributed by atoms with Crippen LogP contribution in [0, 0.1) is 0 Å². The molecule has 0 atom stereocenters. The maximum absolute atomic E-state index is 13.1. The van der Waals surface area contributed by atoms with Gasteiger partial charge in [-0.3, -0.25) is 4.79 Å². The van der Waals surface area contributed by atoms with E-state index in [1.807, 2.05) is 0 Å². The number of hydrogen-bond acceptors (Lipinski definition) is 2. The van der Waals surface area contributed by atoms with Crippen molar-refractivity contribution in [2.24, 2.45) is 0 Å². The van der Waals surface area contributed by atoms with Crippen LogP contribution in [0.25, 0.3) is 0 Å². The quantitative estimate of drug-likeness (QED) is 0.890. The van der Waals surface area contributed by atoms with E-state index in [2.05, 4.69) is 5.32 Å². The molecule has 2 nitrogen and oxygen atoms in total. The molecule has 0 aliphatic carbocycles. The third-order valence-corrected chi connectivity index (χ3v) is 3.24. The molecule has 0 fully saturated rings. The minimum atomic E-state index is -2.91. The SMILES string of the molecule is CC(F)(F)c1cccc(NC(=O)c2cccs2)c1. The Kier molecular flexibility index (Phi) is 3.43. The lowest BCUT2D eigenvalue weighted by Gasteiger charge is -2.12. The molecule has 0 bridgehead atoms. The summed E-state index contributed by atoms with van der Waals surface area (Å²) < 4.78 is 26.3. The van der Waals surface area contributed by atoms with Gasteiger partial charge in [0.05, 0.1) is 4.88 Å². The van der Waals surface area contributed by atoms with Crippen LogP contribution in [-0.4, -0.2) is 5.91 Å². The van der Waals surface area contributed by atoms with Crippen molar-refractivity contribution in [2.45, 2.75) is 12.8 Å². The molecule has 0 aliphatic heterocycles. The van der Waals surface area contributed by atoms with E-state index in [-0.39, 0.29) is 11.5 Å². The van der Waals surface area contributed by atoms with Crippen molar-refractivity contribution in [3.05, 3.63) is 52.2 Å². The molecule has 0 aliphatic rings. The standard InChI is InChI=1S/C13H11F2NOS/c1-13(14,15)9-4-2-5-10(8-9)16-12(17)11-6-3-7-18-11/h2-8H,1H3,(H,16,17). The average molecular weight is 267 g/mol. The van der Waals surface area contributed by atoms with E-state index in [9.17, 15) is 13.6 Å².